The smallest absolute Gasteiger partial charge is 0.276 e. The molecule has 3 fully saturated rings. The van der Waals surface area contributed by atoms with E-state index in [1.54, 1.807) is 25.4 Å². The van der Waals surface area contributed by atoms with E-state index in [1.807, 2.05) is 11.0 Å². The molecule has 0 N–H and O–H groups in total. The summed E-state index contributed by atoms with van der Waals surface area (Å²) in [4.78, 5) is 41.3. The summed E-state index contributed by atoms with van der Waals surface area (Å²) in [6, 6.07) is 3.50. The van der Waals surface area contributed by atoms with Crippen molar-refractivity contribution in [2.45, 2.75) is 51.5 Å². The first kappa shape index (κ1) is 20.9. The van der Waals surface area contributed by atoms with Crippen LogP contribution in [-0.4, -0.2) is 75.0 Å². The van der Waals surface area contributed by atoms with Gasteiger partial charge in [0, 0.05) is 56.7 Å². The van der Waals surface area contributed by atoms with Gasteiger partial charge in [-0.05, 0) is 52.0 Å². The fourth-order valence-corrected chi connectivity index (χ4v) is 5.96. The summed E-state index contributed by atoms with van der Waals surface area (Å²) in [7, 11) is 0. The third-order valence-electron chi connectivity index (χ3n) is 7.64. The van der Waals surface area contributed by atoms with Gasteiger partial charge in [-0.2, -0.15) is 0 Å². The number of amides is 2. The minimum Gasteiger partial charge on any atom is -0.361 e. The van der Waals surface area contributed by atoms with Crippen LogP contribution in [0.2, 0.25) is 0 Å². The van der Waals surface area contributed by atoms with Crippen molar-refractivity contribution in [3.8, 4) is 0 Å². The van der Waals surface area contributed by atoms with E-state index < -0.39 is 0 Å². The number of hydrogen-bond donors (Lipinski definition) is 0. The average Bonchev–Trinajstić information content (AvgIpc) is 3.34. The molecule has 3 aliphatic heterocycles. The van der Waals surface area contributed by atoms with Crippen molar-refractivity contribution in [1.29, 1.82) is 0 Å². The number of rotatable bonds is 3. The first-order valence-corrected chi connectivity index (χ1v) is 11.5. The van der Waals surface area contributed by atoms with Gasteiger partial charge in [0.15, 0.2) is 5.69 Å². The molecule has 5 rings (SSSR count). The highest BCUT2D eigenvalue weighted by molar-refractivity contribution is 5.92. The second-order valence-corrected chi connectivity index (χ2v) is 9.38. The standard InChI is InChI=1S/C23H30N6O3/c1-3-29-20(31)22(5-11-28(12-6-22)21-24-9-4-10-25-21)16-23(29)7-13-27(14-8-23)19(30)18-15-17(2)32-26-18/h4,9-10,15H,3,5-8,11-14,16H2,1-2H3. The first-order chi connectivity index (χ1) is 15.5. The zero-order valence-electron chi connectivity index (χ0n) is 18.8. The Morgan fingerprint density at radius 3 is 2.38 bits per heavy atom. The maximum Gasteiger partial charge on any atom is 0.276 e. The number of hydrogen-bond acceptors (Lipinski definition) is 7. The van der Waals surface area contributed by atoms with Crippen LogP contribution >= 0.6 is 0 Å². The summed E-state index contributed by atoms with van der Waals surface area (Å²) < 4.78 is 5.07. The number of piperidine rings is 2. The third-order valence-corrected chi connectivity index (χ3v) is 7.64. The van der Waals surface area contributed by atoms with Crippen LogP contribution in [-0.2, 0) is 4.79 Å². The molecule has 3 saturated heterocycles. The first-order valence-electron chi connectivity index (χ1n) is 11.5. The normalized spacial score (nSPS) is 22.2. The van der Waals surface area contributed by atoms with Crippen molar-refractivity contribution in [1.82, 2.24) is 24.9 Å². The van der Waals surface area contributed by atoms with Crippen LogP contribution in [0, 0.1) is 12.3 Å². The number of carbonyl (C=O) groups excluding carboxylic acids is 2. The number of nitrogens with zero attached hydrogens (tertiary/aromatic N) is 6. The van der Waals surface area contributed by atoms with E-state index in [0.29, 0.717) is 37.0 Å². The molecule has 5 heterocycles. The van der Waals surface area contributed by atoms with Gasteiger partial charge in [-0.1, -0.05) is 5.16 Å². The van der Waals surface area contributed by atoms with Crippen molar-refractivity contribution in [3.63, 3.8) is 0 Å². The zero-order valence-corrected chi connectivity index (χ0v) is 18.8. The van der Waals surface area contributed by atoms with Crippen LogP contribution in [0.1, 0.15) is 55.3 Å². The summed E-state index contributed by atoms with van der Waals surface area (Å²) in [5, 5.41) is 3.88. The van der Waals surface area contributed by atoms with Crippen molar-refractivity contribution >= 4 is 17.8 Å². The molecule has 9 heteroatoms. The predicted octanol–water partition coefficient (Wildman–Crippen LogP) is 2.29. The number of carbonyl (C=O) groups is 2. The number of likely N-dealkylation sites (tertiary alicyclic amines) is 2. The van der Waals surface area contributed by atoms with Gasteiger partial charge in [-0.3, -0.25) is 9.59 Å². The van der Waals surface area contributed by atoms with Crippen LogP contribution < -0.4 is 4.90 Å². The molecule has 32 heavy (non-hydrogen) atoms. The van der Waals surface area contributed by atoms with Gasteiger partial charge >= 0.3 is 0 Å². The fourth-order valence-electron chi connectivity index (χ4n) is 5.96. The highest BCUT2D eigenvalue weighted by Gasteiger charge is 2.59. The molecule has 0 radical (unpaired) electrons. The Morgan fingerprint density at radius 1 is 1.09 bits per heavy atom. The van der Waals surface area contributed by atoms with Gasteiger partial charge in [-0.15, -0.1) is 0 Å². The molecule has 0 unspecified atom stereocenters. The second-order valence-electron chi connectivity index (χ2n) is 9.38. The van der Waals surface area contributed by atoms with Crippen molar-refractivity contribution < 1.29 is 14.1 Å². The summed E-state index contributed by atoms with van der Waals surface area (Å²) in [5.74, 6) is 1.58. The molecule has 0 saturated carbocycles. The summed E-state index contributed by atoms with van der Waals surface area (Å²) in [5.41, 5.74) is -0.106. The van der Waals surface area contributed by atoms with Crippen LogP contribution in [0.4, 0.5) is 5.95 Å². The minimum absolute atomic E-state index is 0.0880. The van der Waals surface area contributed by atoms with E-state index in [1.165, 1.54) is 0 Å². The number of aryl methyl sites for hydroxylation is 1. The molecule has 2 aromatic rings. The molecule has 0 atom stereocenters. The third kappa shape index (κ3) is 3.34. The van der Waals surface area contributed by atoms with Crippen LogP contribution in [0.15, 0.2) is 29.0 Å². The van der Waals surface area contributed by atoms with E-state index in [2.05, 4.69) is 31.8 Å². The molecule has 0 aromatic carbocycles. The summed E-state index contributed by atoms with van der Waals surface area (Å²) in [6.45, 7) is 7.42. The second kappa shape index (κ2) is 7.86. The van der Waals surface area contributed by atoms with E-state index >= 15 is 0 Å². The monoisotopic (exact) mass is 438 g/mol. The summed E-state index contributed by atoms with van der Waals surface area (Å²) >= 11 is 0. The lowest BCUT2D eigenvalue weighted by molar-refractivity contribution is -0.139. The minimum atomic E-state index is -0.309. The van der Waals surface area contributed by atoms with Crippen molar-refractivity contribution in [3.05, 3.63) is 36.0 Å². The highest BCUT2D eigenvalue weighted by atomic mass is 16.5. The van der Waals surface area contributed by atoms with Crippen LogP contribution in [0.3, 0.4) is 0 Å². The van der Waals surface area contributed by atoms with Crippen molar-refractivity contribution in [2.24, 2.45) is 5.41 Å². The van der Waals surface area contributed by atoms with Gasteiger partial charge in [0.1, 0.15) is 5.76 Å². The average molecular weight is 439 g/mol. The zero-order chi connectivity index (χ0) is 22.3. The van der Waals surface area contributed by atoms with E-state index in [4.69, 9.17) is 4.52 Å². The van der Waals surface area contributed by atoms with Crippen LogP contribution in [0.5, 0.6) is 0 Å². The van der Waals surface area contributed by atoms with E-state index in [9.17, 15) is 9.59 Å². The largest absolute Gasteiger partial charge is 0.361 e. The molecular weight excluding hydrogens is 408 g/mol. The molecule has 2 spiro atoms. The number of anilines is 1. The molecule has 170 valence electrons. The molecule has 2 aromatic heterocycles. The fraction of sp³-hybridized carbons (Fsp3) is 0.609. The van der Waals surface area contributed by atoms with Gasteiger partial charge in [0.25, 0.3) is 5.91 Å². The van der Waals surface area contributed by atoms with E-state index in [0.717, 1.165) is 51.1 Å². The quantitative estimate of drug-likeness (QED) is 0.725. The van der Waals surface area contributed by atoms with Crippen LogP contribution in [0.25, 0.3) is 0 Å². The summed E-state index contributed by atoms with van der Waals surface area (Å²) in [6.07, 6.45) is 7.66. The lowest BCUT2D eigenvalue weighted by atomic mass is 9.71. The molecular formula is C23H30N6O3. The van der Waals surface area contributed by atoms with Gasteiger partial charge in [0.2, 0.25) is 11.9 Å². The molecule has 0 aliphatic carbocycles. The Labute approximate surface area is 187 Å². The lowest BCUT2D eigenvalue weighted by Crippen LogP contribution is -2.54. The predicted molar refractivity (Wildman–Crippen MR) is 117 cm³/mol. The maximum atomic E-state index is 13.6. The Bertz CT molecular complexity index is 990. The number of aromatic nitrogens is 3. The van der Waals surface area contributed by atoms with Crippen molar-refractivity contribution in [2.75, 3.05) is 37.6 Å². The van der Waals surface area contributed by atoms with Gasteiger partial charge in [0.05, 0.1) is 5.41 Å². The molecule has 2 amide bonds. The highest BCUT2D eigenvalue weighted by Crippen LogP contribution is 2.52. The van der Waals surface area contributed by atoms with Gasteiger partial charge in [-0.25, -0.2) is 9.97 Å². The topological polar surface area (TPSA) is 95.7 Å². The molecule has 9 nitrogen and oxygen atoms in total. The van der Waals surface area contributed by atoms with Gasteiger partial charge < -0.3 is 19.2 Å². The Morgan fingerprint density at radius 2 is 1.78 bits per heavy atom. The Hall–Kier alpha value is -2.97. The SMILES string of the molecule is CCN1C(=O)C2(CCN(c3ncccn3)CC2)CC12CCN(C(=O)c1cc(C)on1)CC2. The molecule has 0 bridgehead atoms. The maximum absolute atomic E-state index is 13.6. The lowest BCUT2D eigenvalue weighted by Gasteiger charge is -2.44. The Balaban J connectivity index is 1.29. The Kier molecular flexibility index (Phi) is 5.14. The van der Waals surface area contributed by atoms with E-state index in [-0.39, 0.29) is 16.9 Å². The molecule has 3 aliphatic rings.